The third-order valence-corrected chi connectivity index (χ3v) is 5.70. The van der Waals surface area contributed by atoms with E-state index in [-0.39, 0.29) is 16.7 Å². The summed E-state index contributed by atoms with van der Waals surface area (Å²) < 4.78 is 11.3. The molecule has 152 valence electrons. The summed E-state index contributed by atoms with van der Waals surface area (Å²) in [5, 5.41) is 24.1. The summed E-state index contributed by atoms with van der Waals surface area (Å²) in [4.78, 5) is 10.9. The molecule has 0 spiro atoms. The second kappa shape index (κ2) is 8.50. The van der Waals surface area contributed by atoms with Gasteiger partial charge >= 0.3 is 0 Å². The summed E-state index contributed by atoms with van der Waals surface area (Å²) in [6.45, 7) is 5.58. The van der Waals surface area contributed by atoms with Crippen molar-refractivity contribution in [2.45, 2.75) is 32.1 Å². The molecule has 0 atom stereocenters. The molecular formula is C22H25N3O4. The number of rotatable bonds is 6. The van der Waals surface area contributed by atoms with Gasteiger partial charge in [-0.3, -0.25) is 10.1 Å². The van der Waals surface area contributed by atoms with Crippen LogP contribution in [-0.4, -0.2) is 31.8 Å². The van der Waals surface area contributed by atoms with Crippen molar-refractivity contribution in [2.75, 3.05) is 32.2 Å². The number of benzene rings is 2. The smallest absolute Gasteiger partial charge is 0.275 e. The van der Waals surface area contributed by atoms with E-state index >= 15 is 0 Å². The Balaban J connectivity index is 2.00. The first-order chi connectivity index (χ1) is 13.9. The second-order valence-corrected chi connectivity index (χ2v) is 7.49. The Morgan fingerprint density at radius 2 is 2.00 bits per heavy atom. The van der Waals surface area contributed by atoms with E-state index in [9.17, 15) is 15.4 Å². The third-order valence-electron chi connectivity index (χ3n) is 5.70. The predicted octanol–water partition coefficient (Wildman–Crippen LogP) is 4.25. The lowest BCUT2D eigenvalue weighted by molar-refractivity contribution is -0.385. The van der Waals surface area contributed by atoms with E-state index in [1.807, 2.05) is 25.1 Å². The summed E-state index contributed by atoms with van der Waals surface area (Å²) >= 11 is 0. The maximum absolute atomic E-state index is 11.4. The normalized spacial score (nSPS) is 15.4. The highest BCUT2D eigenvalue weighted by Crippen LogP contribution is 2.41. The van der Waals surface area contributed by atoms with Gasteiger partial charge in [0, 0.05) is 48.1 Å². The average molecular weight is 395 g/mol. The molecule has 1 aliphatic rings. The molecule has 0 unspecified atom stereocenters. The van der Waals surface area contributed by atoms with Gasteiger partial charge in [-0.25, -0.2) is 0 Å². The molecule has 1 saturated heterocycles. The Hall–Kier alpha value is -3.11. The maximum atomic E-state index is 11.4. The van der Waals surface area contributed by atoms with E-state index < -0.39 is 4.92 Å². The van der Waals surface area contributed by atoms with Crippen LogP contribution < -0.4 is 10.1 Å². The number of nitro groups is 1. The van der Waals surface area contributed by atoms with Crippen LogP contribution in [0.15, 0.2) is 30.3 Å². The Morgan fingerprint density at radius 1 is 1.28 bits per heavy atom. The highest BCUT2D eigenvalue weighted by atomic mass is 16.6. The zero-order valence-electron chi connectivity index (χ0n) is 16.9. The molecule has 1 N–H and O–H groups in total. The Bertz CT molecular complexity index is 959. The molecule has 1 aliphatic heterocycles. The van der Waals surface area contributed by atoms with E-state index in [1.54, 1.807) is 20.1 Å². The first-order valence-electron chi connectivity index (χ1n) is 9.56. The molecule has 2 aromatic carbocycles. The summed E-state index contributed by atoms with van der Waals surface area (Å²) in [5.74, 6) is 0.827. The van der Waals surface area contributed by atoms with Crippen LogP contribution >= 0.6 is 0 Å². The number of hydrogen-bond donors (Lipinski definition) is 1. The number of ether oxygens (including phenoxy) is 2. The monoisotopic (exact) mass is 395 g/mol. The summed E-state index contributed by atoms with van der Waals surface area (Å²) in [6.07, 6.45) is 1.61. The minimum atomic E-state index is -0.449. The Labute approximate surface area is 170 Å². The van der Waals surface area contributed by atoms with Gasteiger partial charge in [0.2, 0.25) is 0 Å². The number of nitrogens with one attached hydrogen (secondary N) is 1. The fourth-order valence-corrected chi connectivity index (χ4v) is 3.94. The molecule has 7 nitrogen and oxygen atoms in total. The highest BCUT2D eigenvalue weighted by molar-refractivity contribution is 5.64. The minimum Gasteiger partial charge on any atom is -0.496 e. The summed E-state index contributed by atoms with van der Waals surface area (Å²) in [7, 11) is 1.67. The van der Waals surface area contributed by atoms with Crippen LogP contribution in [0.2, 0.25) is 0 Å². The summed E-state index contributed by atoms with van der Waals surface area (Å²) in [5.41, 5.74) is 3.35. The van der Waals surface area contributed by atoms with Crippen molar-refractivity contribution in [3.05, 3.63) is 62.7 Å². The molecular weight excluding hydrogens is 370 g/mol. The second-order valence-electron chi connectivity index (χ2n) is 7.49. The molecule has 7 heteroatoms. The van der Waals surface area contributed by atoms with Crippen molar-refractivity contribution in [3.8, 4) is 11.8 Å². The molecule has 0 aromatic heterocycles. The van der Waals surface area contributed by atoms with Gasteiger partial charge in [0.1, 0.15) is 5.75 Å². The van der Waals surface area contributed by atoms with E-state index in [1.165, 1.54) is 6.07 Å². The van der Waals surface area contributed by atoms with Crippen LogP contribution in [0.4, 0.5) is 11.4 Å². The van der Waals surface area contributed by atoms with Gasteiger partial charge in [0.15, 0.2) is 0 Å². The standard InChI is InChI=1S/C22H25N3O4/c1-15-4-5-21(28-3)18(10-15)22(6-8-29-9-7-22)14-24-19-11-17(13-23)12-20(16(19)2)25(26)27/h4-5,10-12,24H,6-9,14H2,1-3H3. The van der Waals surface area contributed by atoms with Gasteiger partial charge in [0.05, 0.1) is 23.7 Å². The van der Waals surface area contributed by atoms with Gasteiger partial charge < -0.3 is 14.8 Å². The van der Waals surface area contributed by atoms with Crippen molar-refractivity contribution < 1.29 is 14.4 Å². The van der Waals surface area contributed by atoms with Crippen LogP contribution in [0.5, 0.6) is 5.75 Å². The maximum Gasteiger partial charge on any atom is 0.275 e. The number of hydrogen-bond acceptors (Lipinski definition) is 6. The Morgan fingerprint density at radius 3 is 2.62 bits per heavy atom. The molecule has 0 radical (unpaired) electrons. The van der Waals surface area contributed by atoms with Crippen LogP contribution in [0.3, 0.4) is 0 Å². The topological polar surface area (TPSA) is 97.4 Å². The number of nitriles is 1. The molecule has 0 amide bonds. The molecule has 2 aromatic rings. The number of nitrogens with zero attached hydrogens (tertiary/aromatic N) is 2. The first-order valence-corrected chi connectivity index (χ1v) is 9.56. The van der Waals surface area contributed by atoms with Crippen LogP contribution in [0, 0.1) is 35.3 Å². The van der Waals surface area contributed by atoms with Gasteiger partial charge in [-0.2, -0.15) is 5.26 Å². The molecule has 3 rings (SSSR count). The SMILES string of the molecule is COc1ccc(C)cc1C1(CNc2cc(C#N)cc([N+](=O)[O-])c2C)CCOCC1. The largest absolute Gasteiger partial charge is 0.496 e. The van der Waals surface area contributed by atoms with Crippen LogP contribution in [-0.2, 0) is 10.2 Å². The zero-order valence-corrected chi connectivity index (χ0v) is 16.9. The first kappa shape index (κ1) is 20.6. The van der Waals surface area contributed by atoms with Gasteiger partial charge in [-0.1, -0.05) is 17.7 Å². The predicted molar refractivity (Wildman–Crippen MR) is 111 cm³/mol. The number of methoxy groups -OCH3 is 1. The van der Waals surface area contributed by atoms with Crippen molar-refractivity contribution in [1.82, 2.24) is 0 Å². The van der Waals surface area contributed by atoms with Gasteiger partial charge in [0.25, 0.3) is 5.69 Å². The average Bonchev–Trinajstić information content (AvgIpc) is 2.73. The van der Waals surface area contributed by atoms with E-state index in [4.69, 9.17) is 9.47 Å². The number of aryl methyl sites for hydroxylation is 1. The molecule has 1 fully saturated rings. The highest BCUT2D eigenvalue weighted by Gasteiger charge is 2.37. The number of nitro benzene ring substituents is 1. The fraction of sp³-hybridized carbons (Fsp3) is 0.409. The molecule has 0 bridgehead atoms. The fourth-order valence-electron chi connectivity index (χ4n) is 3.94. The quantitative estimate of drug-likeness (QED) is 0.580. The lowest BCUT2D eigenvalue weighted by Gasteiger charge is -2.39. The summed E-state index contributed by atoms with van der Waals surface area (Å²) in [6, 6.07) is 11.1. The van der Waals surface area contributed by atoms with Crippen LogP contribution in [0.1, 0.15) is 35.1 Å². The van der Waals surface area contributed by atoms with E-state index in [0.29, 0.717) is 31.0 Å². The van der Waals surface area contributed by atoms with Gasteiger partial charge in [-0.05, 0) is 38.8 Å². The van der Waals surface area contributed by atoms with Crippen molar-refractivity contribution in [1.29, 1.82) is 5.26 Å². The van der Waals surface area contributed by atoms with Crippen molar-refractivity contribution in [2.24, 2.45) is 0 Å². The Kier molecular flexibility index (Phi) is 6.04. The zero-order chi connectivity index (χ0) is 21.0. The van der Waals surface area contributed by atoms with E-state index in [0.717, 1.165) is 29.7 Å². The number of anilines is 1. The third kappa shape index (κ3) is 4.17. The molecule has 0 saturated carbocycles. The van der Waals surface area contributed by atoms with Crippen LogP contribution in [0.25, 0.3) is 0 Å². The minimum absolute atomic E-state index is 0.0549. The lowest BCUT2D eigenvalue weighted by atomic mass is 9.73. The molecule has 1 heterocycles. The molecule has 0 aliphatic carbocycles. The lowest BCUT2D eigenvalue weighted by Crippen LogP contribution is -2.40. The molecule has 29 heavy (non-hydrogen) atoms. The van der Waals surface area contributed by atoms with E-state index in [2.05, 4.69) is 11.4 Å². The van der Waals surface area contributed by atoms with Gasteiger partial charge in [-0.15, -0.1) is 0 Å². The van der Waals surface area contributed by atoms with Crippen molar-refractivity contribution >= 4 is 11.4 Å². The van der Waals surface area contributed by atoms with Crippen molar-refractivity contribution in [3.63, 3.8) is 0 Å².